The van der Waals surface area contributed by atoms with Crippen LogP contribution in [0.3, 0.4) is 0 Å². The topological polar surface area (TPSA) is 60.7 Å². The maximum Gasteiger partial charge on any atom is 0.360 e. The van der Waals surface area contributed by atoms with E-state index in [0.717, 1.165) is 51.7 Å². The first kappa shape index (κ1) is 32.9. The fraction of sp³-hybridized carbons (Fsp3) is 0.222. The molecule has 1 aliphatic heterocycles. The number of carbonyl (C=O) groups is 1. The Labute approximate surface area is 291 Å². The number of allylic oxidation sites excluding steroid dienone is 7. The van der Waals surface area contributed by atoms with Gasteiger partial charge in [-0.3, -0.25) is 4.79 Å². The van der Waals surface area contributed by atoms with Crippen molar-refractivity contribution in [2.45, 2.75) is 47.0 Å². The second-order valence-electron chi connectivity index (χ2n) is 12.8. The van der Waals surface area contributed by atoms with Gasteiger partial charge in [0.05, 0.1) is 17.0 Å². The fourth-order valence-electron chi connectivity index (χ4n) is 4.56. The molecule has 2 aliphatic rings. The molecule has 4 nitrogen and oxygen atoms in total. The second-order valence-corrected chi connectivity index (χ2v) is 16.2. The van der Waals surface area contributed by atoms with Crippen molar-refractivity contribution >= 4 is 81.3 Å². The number of hydrogen-bond donors (Lipinski definition) is 0. The van der Waals surface area contributed by atoms with Gasteiger partial charge in [-0.25, -0.2) is 4.42 Å². The van der Waals surface area contributed by atoms with Gasteiger partial charge in [-0.15, -0.1) is 0 Å². The molecule has 0 unspecified atom stereocenters. The highest BCUT2D eigenvalue weighted by atomic mass is 79.9. The zero-order valence-electron chi connectivity index (χ0n) is 25.1. The van der Waals surface area contributed by atoms with Crippen molar-refractivity contribution in [3.63, 3.8) is 0 Å². The number of rotatable bonds is 4. The van der Waals surface area contributed by atoms with Crippen LogP contribution in [0, 0.1) is 5.41 Å². The largest absolute Gasteiger partial charge is 0.871 e. The minimum Gasteiger partial charge on any atom is -0.871 e. The van der Waals surface area contributed by atoms with Crippen LogP contribution in [-0.2, 0) is 14.9 Å². The molecule has 0 saturated carbocycles. The van der Waals surface area contributed by atoms with Crippen LogP contribution in [0.25, 0.3) is 23.2 Å². The highest BCUT2D eigenvalue weighted by Crippen LogP contribution is 2.40. The van der Waals surface area contributed by atoms with Crippen molar-refractivity contribution in [3.05, 3.63) is 130 Å². The second kappa shape index (κ2) is 12.3. The number of hydrogen-bond acceptors (Lipinski definition) is 3. The van der Waals surface area contributed by atoms with Crippen LogP contribution >= 0.6 is 63.7 Å². The van der Waals surface area contributed by atoms with E-state index in [4.69, 9.17) is 9.15 Å². The summed E-state index contributed by atoms with van der Waals surface area (Å²) in [6.45, 7) is 12.4. The van der Waals surface area contributed by atoms with Gasteiger partial charge >= 0.3 is 11.5 Å². The molecule has 0 N–H and O–H groups in total. The van der Waals surface area contributed by atoms with Gasteiger partial charge in [-0.05, 0) is 150 Å². The third-order valence-electron chi connectivity index (χ3n) is 7.12. The first-order valence-electron chi connectivity index (χ1n) is 13.9. The van der Waals surface area contributed by atoms with Crippen LogP contribution in [0.2, 0.25) is 0 Å². The maximum absolute atomic E-state index is 13.4. The lowest BCUT2D eigenvalue weighted by molar-refractivity contribution is -0.300. The Hall–Kier alpha value is -2.52. The molecule has 0 bridgehead atoms. The first-order valence-corrected chi connectivity index (χ1v) is 17.1. The molecule has 0 radical (unpaired) electrons. The summed E-state index contributed by atoms with van der Waals surface area (Å²) >= 11 is 14.2. The molecule has 0 atom stereocenters. The van der Waals surface area contributed by atoms with Gasteiger partial charge in [-0.2, -0.15) is 0 Å². The van der Waals surface area contributed by atoms with Gasteiger partial charge in [-0.1, -0.05) is 32.6 Å². The Morgan fingerprint density at radius 1 is 0.750 bits per heavy atom. The Balaban J connectivity index is 1.55. The Morgan fingerprint density at radius 3 is 1.93 bits per heavy atom. The molecule has 0 fully saturated rings. The molecule has 0 spiro atoms. The molecule has 1 aliphatic carbocycles. The highest BCUT2D eigenvalue weighted by Gasteiger charge is 2.31. The minimum atomic E-state index is -0.292. The average Bonchev–Trinajstić information content (AvgIpc) is 2.96. The van der Waals surface area contributed by atoms with Crippen LogP contribution in [0.1, 0.15) is 58.4 Å². The molecule has 3 aromatic rings. The lowest BCUT2D eigenvalue weighted by Crippen LogP contribution is -2.29. The van der Waals surface area contributed by atoms with E-state index in [0.29, 0.717) is 11.5 Å². The van der Waals surface area contributed by atoms with Crippen LogP contribution in [-0.4, -0.2) is 5.78 Å². The van der Waals surface area contributed by atoms with Crippen LogP contribution < -0.4 is 5.11 Å². The smallest absolute Gasteiger partial charge is 0.360 e. The molecule has 8 heteroatoms. The number of ether oxygens (including phenoxy) is 1. The number of carbonyl (C=O) groups excluding carboxylic acids is 1. The van der Waals surface area contributed by atoms with E-state index < -0.39 is 0 Å². The number of benzene rings is 2. The maximum atomic E-state index is 13.4. The Kier molecular flexibility index (Phi) is 9.22. The van der Waals surface area contributed by atoms with Gasteiger partial charge in [0.2, 0.25) is 0 Å². The molecule has 0 saturated heterocycles. The summed E-state index contributed by atoms with van der Waals surface area (Å²) < 4.78 is 16.2. The monoisotopic (exact) mass is 842 g/mol. The van der Waals surface area contributed by atoms with E-state index in [2.05, 4.69) is 105 Å². The van der Waals surface area contributed by atoms with Crippen molar-refractivity contribution in [3.8, 4) is 11.3 Å². The molecule has 226 valence electrons. The Morgan fingerprint density at radius 2 is 1.36 bits per heavy atom. The van der Waals surface area contributed by atoms with Gasteiger partial charge in [0.15, 0.2) is 5.78 Å². The summed E-state index contributed by atoms with van der Waals surface area (Å²) in [6, 6.07) is 15.5. The summed E-state index contributed by atoms with van der Waals surface area (Å²) in [5, 5.41) is 13.4. The molecule has 2 aromatic carbocycles. The summed E-state index contributed by atoms with van der Waals surface area (Å²) in [6.07, 6.45) is 7.08. The molecule has 2 heterocycles. The normalized spacial score (nSPS) is 17.5. The quantitative estimate of drug-likeness (QED) is 0.194. The van der Waals surface area contributed by atoms with Gasteiger partial charge in [0, 0.05) is 46.1 Å². The van der Waals surface area contributed by atoms with Gasteiger partial charge in [0.1, 0.15) is 11.5 Å². The molecule has 44 heavy (non-hydrogen) atoms. The van der Waals surface area contributed by atoms with Crippen molar-refractivity contribution in [2.75, 3.05) is 0 Å². The molecular formula is C36H30Br4O4. The predicted octanol–water partition coefficient (Wildman–Crippen LogP) is 11.1. The lowest BCUT2D eigenvalue weighted by Gasteiger charge is -2.30. The van der Waals surface area contributed by atoms with Gasteiger partial charge < -0.3 is 9.84 Å². The summed E-state index contributed by atoms with van der Waals surface area (Å²) in [7, 11) is 0. The first-order chi connectivity index (χ1) is 20.5. The predicted molar refractivity (Wildman–Crippen MR) is 189 cm³/mol. The summed E-state index contributed by atoms with van der Waals surface area (Å²) in [5.41, 5.74) is 2.91. The fourth-order valence-corrected chi connectivity index (χ4v) is 5.81. The zero-order valence-corrected chi connectivity index (χ0v) is 31.4. The van der Waals surface area contributed by atoms with E-state index in [1.807, 2.05) is 60.7 Å². The van der Waals surface area contributed by atoms with Crippen LogP contribution in [0.15, 0.2) is 117 Å². The van der Waals surface area contributed by atoms with E-state index in [9.17, 15) is 9.90 Å². The summed E-state index contributed by atoms with van der Waals surface area (Å²) in [4.78, 5) is 13.4. The molecule has 1 aromatic heterocycles. The standard InChI is InChI=1S/C36H30Br4O4/c1-35(2,3)31-15-19(13-29(43-31)21-7-9-25(37)27(39)17-21)11-23-33(41)24(34(23)42)12-20-14-30(44-32(16-20)36(4,5)6)22-8-10-26(38)28(40)18-22/h7-18H,1-6H3. The van der Waals surface area contributed by atoms with E-state index in [-0.39, 0.29) is 33.5 Å². The third-order valence-corrected chi connectivity index (χ3v) is 10.9. The zero-order chi connectivity index (χ0) is 32.1. The van der Waals surface area contributed by atoms with E-state index in [1.165, 1.54) is 0 Å². The SMILES string of the molecule is CC(C)(C)C1=CC(=CC2=C([O-])C(=Cc3cc(-c4ccc(Br)c(Br)c4)[o+]c(C(C)(C)C)c3)C2=O)C=C(c2ccc(Br)c(Br)c2)O1. The Bertz CT molecular complexity index is 1860. The van der Waals surface area contributed by atoms with Crippen molar-refractivity contribution < 1.29 is 19.1 Å². The number of ketones is 1. The highest BCUT2D eigenvalue weighted by molar-refractivity contribution is 9.13. The van der Waals surface area contributed by atoms with Gasteiger partial charge in [0.25, 0.3) is 0 Å². The van der Waals surface area contributed by atoms with Crippen molar-refractivity contribution in [1.29, 1.82) is 0 Å². The van der Waals surface area contributed by atoms with E-state index in [1.54, 1.807) is 12.2 Å². The van der Waals surface area contributed by atoms with Crippen LogP contribution in [0.5, 0.6) is 0 Å². The average molecular weight is 846 g/mol. The lowest BCUT2D eigenvalue weighted by atomic mass is 9.84. The minimum absolute atomic E-state index is 0.152. The summed E-state index contributed by atoms with van der Waals surface area (Å²) in [5.74, 6) is 2.19. The molecule has 0 amide bonds. The number of Topliss-reactive ketones (excluding diaryl/α,β-unsaturated/α-hetero) is 1. The molecule has 5 rings (SSSR count). The van der Waals surface area contributed by atoms with Crippen molar-refractivity contribution in [1.82, 2.24) is 0 Å². The van der Waals surface area contributed by atoms with E-state index >= 15 is 0 Å². The number of halogens is 4. The molecular weight excluding hydrogens is 816 g/mol. The van der Waals surface area contributed by atoms with Crippen molar-refractivity contribution in [2.24, 2.45) is 5.41 Å². The third kappa shape index (κ3) is 6.99. The van der Waals surface area contributed by atoms with Crippen LogP contribution in [0.4, 0.5) is 0 Å².